The number of amides is 1. The maximum absolute atomic E-state index is 11.8. The van der Waals surface area contributed by atoms with Gasteiger partial charge in [-0.3, -0.25) is 9.20 Å². The molecule has 0 aliphatic heterocycles. The molecule has 0 radical (unpaired) electrons. The standard InChI is InChI=1S/C11H14N4OS/c1-8(10(16)14(2)3)17-11-13-12-9-6-4-5-7-15(9)11/h4-8H,1-3H3/t8-/m1/s1. The predicted molar refractivity (Wildman–Crippen MR) is 67.0 cm³/mol. The Hall–Kier alpha value is -1.56. The number of nitrogens with zero attached hydrogens (tertiary/aromatic N) is 4. The van der Waals surface area contributed by atoms with Gasteiger partial charge in [0.15, 0.2) is 10.8 Å². The number of carbonyl (C=O) groups is 1. The van der Waals surface area contributed by atoms with Crippen LogP contribution < -0.4 is 0 Å². The van der Waals surface area contributed by atoms with Crippen LogP contribution in [-0.2, 0) is 4.79 Å². The molecule has 0 aliphatic carbocycles. The number of aromatic nitrogens is 3. The van der Waals surface area contributed by atoms with Gasteiger partial charge in [0.2, 0.25) is 5.91 Å². The molecular formula is C11H14N4OS. The number of rotatable bonds is 3. The van der Waals surface area contributed by atoms with E-state index in [0.717, 1.165) is 10.8 Å². The van der Waals surface area contributed by atoms with E-state index in [-0.39, 0.29) is 11.2 Å². The van der Waals surface area contributed by atoms with Crippen molar-refractivity contribution in [2.45, 2.75) is 17.3 Å². The van der Waals surface area contributed by atoms with Crippen molar-refractivity contribution in [2.75, 3.05) is 14.1 Å². The molecule has 2 heterocycles. The number of pyridine rings is 1. The molecule has 1 amide bonds. The lowest BCUT2D eigenvalue weighted by atomic mass is 10.4. The predicted octanol–water partition coefficient (Wildman–Crippen LogP) is 1.30. The van der Waals surface area contributed by atoms with E-state index in [1.807, 2.05) is 35.7 Å². The fourth-order valence-electron chi connectivity index (χ4n) is 1.47. The average Bonchev–Trinajstić information content (AvgIpc) is 2.71. The highest BCUT2D eigenvalue weighted by Crippen LogP contribution is 2.22. The molecule has 2 aromatic heterocycles. The zero-order chi connectivity index (χ0) is 12.4. The maximum Gasteiger partial charge on any atom is 0.235 e. The van der Waals surface area contributed by atoms with E-state index in [9.17, 15) is 4.79 Å². The van der Waals surface area contributed by atoms with E-state index in [1.165, 1.54) is 11.8 Å². The van der Waals surface area contributed by atoms with E-state index in [4.69, 9.17) is 0 Å². The molecule has 0 bridgehead atoms. The van der Waals surface area contributed by atoms with Gasteiger partial charge in [-0.1, -0.05) is 17.8 Å². The second-order valence-electron chi connectivity index (χ2n) is 3.90. The summed E-state index contributed by atoms with van der Waals surface area (Å²) < 4.78 is 1.88. The highest BCUT2D eigenvalue weighted by atomic mass is 32.2. The third-order valence-electron chi connectivity index (χ3n) is 2.35. The van der Waals surface area contributed by atoms with Crippen LogP contribution in [-0.4, -0.2) is 44.8 Å². The minimum atomic E-state index is -0.169. The van der Waals surface area contributed by atoms with Gasteiger partial charge in [-0.15, -0.1) is 10.2 Å². The molecule has 0 aliphatic rings. The lowest BCUT2D eigenvalue weighted by molar-refractivity contribution is -0.127. The summed E-state index contributed by atoms with van der Waals surface area (Å²) in [5.41, 5.74) is 0.791. The molecule has 0 N–H and O–H groups in total. The Morgan fingerprint density at radius 3 is 2.88 bits per heavy atom. The summed E-state index contributed by atoms with van der Waals surface area (Å²) in [6.45, 7) is 1.87. The van der Waals surface area contributed by atoms with Crippen LogP contribution >= 0.6 is 11.8 Å². The summed E-state index contributed by atoms with van der Waals surface area (Å²) in [7, 11) is 3.50. The third-order valence-corrected chi connectivity index (χ3v) is 3.40. The fraction of sp³-hybridized carbons (Fsp3) is 0.364. The molecule has 0 fully saturated rings. The minimum Gasteiger partial charge on any atom is -0.348 e. The van der Waals surface area contributed by atoms with E-state index in [2.05, 4.69) is 10.2 Å². The molecule has 0 saturated carbocycles. The second-order valence-corrected chi connectivity index (χ2v) is 5.21. The normalized spacial score (nSPS) is 12.6. The highest BCUT2D eigenvalue weighted by Gasteiger charge is 2.18. The largest absolute Gasteiger partial charge is 0.348 e. The van der Waals surface area contributed by atoms with Crippen molar-refractivity contribution >= 4 is 23.3 Å². The molecule has 0 saturated heterocycles. The first kappa shape index (κ1) is 11.9. The molecule has 2 aromatic rings. The van der Waals surface area contributed by atoms with Gasteiger partial charge in [-0.2, -0.15) is 0 Å². The van der Waals surface area contributed by atoms with Crippen molar-refractivity contribution in [2.24, 2.45) is 0 Å². The Balaban J connectivity index is 2.21. The van der Waals surface area contributed by atoms with E-state index >= 15 is 0 Å². The quantitative estimate of drug-likeness (QED) is 0.770. The van der Waals surface area contributed by atoms with Gasteiger partial charge in [0, 0.05) is 20.3 Å². The summed E-state index contributed by atoms with van der Waals surface area (Å²) in [6.07, 6.45) is 1.89. The third kappa shape index (κ3) is 2.41. The van der Waals surface area contributed by atoms with Crippen LogP contribution in [0.3, 0.4) is 0 Å². The monoisotopic (exact) mass is 250 g/mol. The molecule has 2 rings (SSSR count). The first-order valence-electron chi connectivity index (χ1n) is 5.27. The van der Waals surface area contributed by atoms with Crippen molar-refractivity contribution in [3.05, 3.63) is 24.4 Å². The summed E-state index contributed by atoms with van der Waals surface area (Å²) >= 11 is 1.41. The first-order chi connectivity index (χ1) is 8.09. The smallest absolute Gasteiger partial charge is 0.235 e. The molecule has 5 nitrogen and oxygen atoms in total. The summed E-state index contributed by atoms with van der Waals surface area (Å²) in [6, 6.07) is 5.71. The van der Waals surface area contributed by atoms with Gasteiger partial charge in [0.05, 0.1) is 5.25 Å². The van der Waals surface area contributed by atoms with Crippen LogP contribution in [0.4, 0.5) is 0 Å². The topological polar surface area (TPSA) is 50.5 Å². The van der Waals surface area contributed by atoms with Crippen LogP contribution in [0.2, 0.25) is 0 Å². The van der Waals surface area contributed by atoms with Crippen LogP contribution in [0, 0.1) is 0 Å². The molecule has 17 heavy (non-hydrogen) atoms. The lowest BCUT2D eigenvalue weighted by Gasteiger charge is -2.15. The molecule has 6 heteroatoms. The van der Waals surface area contributed by atoms with Crippen LogP contribution in [0.15, 0.2) is 29.6 Å². The molecule has 0 aromatic carbocycles. The fourth-order valence-corrected chi connectivity index (χ4v) is 2.46. The Labute approximate surface area is 104 Å². The number of fused-ring (bicyclic) bond motifs is 1. The zero-order valence-corrected chi connectivity index (χ0v) is 10.8. The Kier molecular flexibility index (Phi) is 3.33. The Bertz CT molecular complexity index is 537. The van der Waals surface area contributed by atoms with Crippen molar-refractivity contribution in [1.82, 2.24) is 19.5 Å². The van der Waals surface area contributed by atoms with Crippen molar-refractivity contribution < 1.29 is 4.79 Å². The maximum atomic E-state index is 11.8. The number of hydrogen-bond donors (Lipinski definition) is 0. The Morgan fingerprint density at radius 1 is 1.41 bits per heavy atom. The van der Waals surface area contributed by atoms with Gasteiger partial charge >= 0.3 is 0 Å². The lowest BCUT2D eigenvalue weighted by Crippen LogP contribution is -2.29. The first-order valence-corrected chi connectivity index (χ1v) is 6.15. The van der Waals surface area contributed by atoms with E-state index in [0.29, 0.717) is 0 Å². The van der Waals surface area contributed by atoms with Crippen molar-refractivity contribution in [1.29, 1.82) is 0 Å². The zero-order valence-electron chi connectivity index (χ0n) is 9.99. The van der Waals surface area contributed by atoms with Gasteiger partial charge in [0.1, 0.15) is 0 Å². The molecular weight excluding hydrogens is 236 g/mol. The van der Waals surface area contributed by atoms with Gasteiger partial charge in [-0.25, -0.2) is 0 Å². The highest BCUT2D eigenvalue weighted by molar-refractivity contribution is 8.00. The number of hydrogen-bond acceptors (Lipinski definition) is 4. The molecule has 0 spiro atoms. The van der Waals surface area contributed by atoms with Gasteiger partial charge < -0.3 is 4.90 Å². The molecule has 1 atom stereocenters. The van der Waals surface area contributed by atoms with E-state index < -0.39 is 0 Å². The van der Waals surface area contributed by atoms with E-state index in [1.54, 1.807) is 19.0 Å². The minimum absolute atomic E-state index is 0.0719. The van der Waals surface area contributed by atoms with Gasteiger partial charge in [0.25, 0.3) is 0 Å². The van der Waals surface area contributed by atoms with Crippen LogP contribution in [0.25, 0.3) is 5.65 Å². The summed E-state index contributed by atoms with van der Waals surface area (Å²) in [4.78, 5) is 13.3. The van der Waals surface area contributed by atoms with Crippen molar-refractivity contribution in [3.63, 3.8) is 0 Å². The Morgan fingerprint density at radius 2 is 2.18 bits per heavy atom. The average molecular weight is 250 g/mol. The number of carbonyl (C=O) groups excluding carboxylic acids is 1. The summed E-state index contributed by atoms with van der Waals surface area (Å²) in [5, 5.41) is 8.70. The number of thioether (sulfide) groups is 1. The SMILES string of the molecule is C[C@@H](Sc1nnc2ccccn12)C(=O)N(C)C. The molecule has 90 valence electrons. The second kappa shape index (κ2) is 4.75. The van der Waals surface area contributed by atoms with Crippen LogP contribution in [0.5, 0.6) is 0 Å². The molecule has 0 unspecified atom stereocenters. The van der Waals surface area contributed by atoms with Crippen molar-refractivity contribution in [3.8, 4) is 0 Å². The van der Waals surface area contributed by atoms with Crippen LogP contribution in [0.1, 0.15) is 6.92 Å². The summed E-state index contributed by atoms with van der Waals surface area (Å²) in [5.74, 6) is 0.0719. The van der Waals surface area contributed by atoms with Gasteiger partial charge in [-0.05, 0) is 19.1 Å².